The van der Waals surface area contributed by atoms with Gasteiger partial charge < -0.3 is 5.73 Å². The van der Waals surface area contributed by atoms with E-state index in [4.69, 9.17) is 22.6 Å². The molecule has 2 rings (SSSR count). The van der Waals surface area contributed by atoms with Crippen molar-refractivity contribution in [3.63, 3.8) is 0 Å². The van der Waals surface area contributed by atoms with Gasteiger partial charge in [-0.3, -0.25) is 0 Å². The van der Waals surface area contributed by atoms with Gasteiger partial charge in [0.2, 0.25) is 10.0 Å². The van der Waals surface area contributed by atoms with Crippen LogP contribution >= 0.6 is 11.6 Å². The third-order valence-electron chi connectivity index (χ3n) is 3.86. The molecule has 1 saturated heterocycles. The standard InChI is InChI=1S/C14H18ClN3O2S/c1-10-4-5-18(12(6-10)9-17)21(19,20)13-3-2-11(8-16)14(15)7-13/h2-3,7,10,12H,4-6,9,17H2,1H3. The number of benzene rings is 1. The lowest BCUT2D eigenvalue weighted by molar-refractivity contribution is 0.211. The highest BCUT2D eigenvalue weighted by Crippen LogP contribution is 2.29. The number of hydrogen-bond acceptors (Lipinski definition) is 4. The molecule has 0 radical (unpaired) electrons. The second-order valence-electron chi connectivity index (χ2n) is 5.39. The first-order valence-corrected chi connectivity index (χ1v) is 8.63. The van der Waals surface area contributed by atoms with E-state index < -0.39 is 10.0 Å². The van der Waals surface area contributed by atoms with Crippen LogP contribution in [0.15, 0.2) is 23.1 Å². The number of nitrogens with two attached hydrogens (primary N) is 1. The van der Waals surface area contributed by atoms with Crippen LogP contribution in [0.2, 0.25) is 5.02 Å². The summed E-state index contributed by atoms with van der Waals surface area (Å²) in [6.45, 7) is 2.86. The molecule has 21 heavy (non-hydrogen) atoms. The van der Waals surface area contributed by atoms with Gasteiger partial charge in [-0.1, -0.05) is 18.5 Å². The number of hydrogen-bond donors (Lipinski definition) is 1. The largest absolute Gasteiger partial charge is 0.329 e. The van der Waals surface area contributed by atoms with Crippen molar-refractivity contribution in [3.8, 4) is 6.07 Å². The Kier molecular flexibility index (Phi) is 4.89. The molecule has 114 valence electrons. The molecule has 1 heterocycles. The van der Waals surface area contributed by atoms with Gasteiger partial charge in [-0.15, -0.1) is 0 Å². The van der Waals surface area contributed by atoms with Crippen molar-refractivity contribution >= 4 is 21.6 Å². The maximum absolute atomic E-state index is 12.7. The van der Waals surface area contributed by atoms with Crippen molar-refractivity contribution in [2.75, 3.05) is 13.1 Å². The Labute approximate surface area is 130 Å². The van der Waals surface area contributed by atoms with E-state index in [1.54, 1.807) is 0 Å². The smallest absolute Gasteiger partial charge is 0.243 e. The van der Waals surface area contributed by atoms with E-state index in [1.807, 2.05) is 6.07 Å². The van der Waals surface area contributed by atoms with Gasteiger partial charge in [0.25, 0.3) is 0 Å². The average Bonchev–Trinajstić information content (AvgIpc) is 2.46. The van der Waals surface area contributed by atoms with Crippen molar-refractivity contribution in [1.29, 1.82) is 5.26 Å². The number of halogens is 1. The van der Waals surface area contributed by atoms with Crippen LogP contribution in [0.1, 0.15) is 25.3 Å². The lowest BCUT2D eigenvalue weighted by Gasteiger charge is -2.36. The van der Waals surface area contributed by atoms with E-state index in [1.165, 1.54) is 22.5 Å². The highest BCUT2D eigenvalue weighted by molar-refractivity contribution is 7.89. The lowest BCUT2D eigenvalue weighted by Crippen LogP contribution is -2.49. The molecular formula is C14H18ClN3O2S. The van der Waals surface area contributed by atoms with Crippen LogP contribution in [0.25, 0.3) is 0 Å². The van der Waals surface area contributed by atoms with Gasteiger partial charge in [0.05, 0.1) is 15.5 Å². The number of sulfonamides is 1. The average molecular weight is 328 g/mol. The fourth-order valence-corrected chi connectivity index (χ4v) is 4.62. The highest BCUT2D eigenvalue weighted by atomic mass is 35.5. The third-order valence-corrected chi connectivity index (χ3v) is 6.12. The predicted molar refractivity (Wildman–Crippen MR) is 81.3 cm³/mol. The summed E-state index contributed by atoms with van der Waals surface area (Å²) in [5, 5.41) is 9.01. The van der Waals surface area contributed by atoms with Crippen LogP contribution in [-0.2, 0) is 10.0 Å². The Morgan fingerprint density at radius 3 is 2.81 bits per heavy atom. The summed E-state index contributed by atoms with van der Waals surface area (Å²) in [6, 6.07) is 5.92. The fraction of sp³-hybridized carbons (Fsp3) is 0.500. The first-order chi connectivity index (χ1) is 9.90. The van der Waals surface area contributed by atoms with Crippen LogP contribution < -0.4 is 5.73 Å². The van der Waals surface area contributed by atoms with E-state index >= 15 is 0 Å². The van der Waals surface area contributed by atoms with Crippen LogP contribution in [0.5, 0.6) is 0 Å². The number of nitriles is 1. The predicted octanol–water partition coefficient (Wildman–Crippen LogP) is 1.96. The Bertz CT molecular complexity index is 669. The van der Waals surface area contributed by atoms with Gasteiger partial charge in [-0.05, 0) is 37.0 Å². The first-order valence-electron chi connectivity index (χ1n) is 6.81. The zero-order chi connectivity index (χ0) is 15.6. The summed E-state index contributed by atoms with van der Waals surface area (Å²) in [5.41, 5.74) is 5.99. The molecule has 2 atom stereocenters. The molecule has 0 saturated carbocycles. The second kappa shape index (κ2) is 6.32. The zero-order valence-corrected chi connectivity index (χ0v) is 13.4. The SMILES string of the molecule is CC1CCN(S(=O)(=O)c2ccc(C#N)c(Cl)c2)C(CN)C1. The Morgan fingerprint density at radius 2 is 2.24 bits per heavy atom. The molecule has 1 fully saturated rings. The van der Waals surface area contributed by atoms with Gasteiger partial charge in [-0.25, -0.2) is 8.42 Å². The molecule has 0 amide bonds. The van der Waals surface area contributed by atoms with E-state index in [0.717, 1.165) is 12.8 Å². The van der Waals surface area contributed by atoms with Gasteiger partial charge in [0, 0.05) is 19.1 Å². The Balaban J connectivity index is 2.37. The molecule has 0 bridgehead atoms. The van der Waals surface area contributed by atoms with E-state index in [0.29, 0.717) is 19.0 Å². The Hall–Kier alpha value is -1.13. The van der Waals surface area contributed by atoms with Crippen molar-refractivity contribution in [3.05, 3.63) is 28.8 Å². The quantitative estimate of drug-likeness (QED) is 0.919. The molecule has 0 spiro atoms. The fourth-order valence-electron chi connectivity index (χ4n) is 2.64. The molecule has 0 aliphatic carbocycles. The van der Waals surface area contributed by atoms with Crippen molar-refractivity contribution in [2.45, 2.75) is 30.7 Å². The molecule has 2 unspecified atom stereocenters. The molecule has 0 aromatic heterocycles. The third kappa shape index (κ3) is 3.22. The molecule has 1 aliphatic heterocycles. The van der Waals surface area contributed by atoms with Crippen molar-refractivity contribution in [2.24, 2.45) is 11.7 Å². The van der Waals surface area contributed by atoms with E-state index in [-0.39, 0.29) is 21.5 Å². The molecule has 7 heteroatoms. The van der Waals surface area contributed by atoms with Crippen LogP contribution in [0.3, 0.4) is 0 Å². The molecule has 1 aliphatic rings. The number of piperidine rings is 1. The topological polar surface area (TPSA) is 87.2 Å². The molecule has 2 N–H and O–H groups in total. The number of rotatable bonds is 3. The maximum atomic E-state index is 12.7. The maximum Gasteiger partial charge on any atom is 0.243 e. The molecule has 5 nitrogen and oxygen atoms in total. The normalized spacial score (nSPS) is 23.7. The zero-order valence-electron chi connectivity index (χ0n) is 11.8. The first kappa shape index (κ1) is 16.2. The van der Waals surface area contributed by atoms with Crippen LogP contribution in [0, 0.1) is 17.2 Å². The van der Waals surface area contributed by atoms with Gasteiger partial charge >= 0.3 is 0 Å². The second-order valence-corrected chi connectivity index (χ2v) is 7.69. The summed E-state index contributed by atoms with van der Waals surface area (Å²) in [5.74, 6) is 0.467. The summed E-state index contributed by atoms with van der Waals surface area (Å²) in [4.78, 5) is 0.111. The molecule has 1 aromatic carbocycles. The van der Waals surface area contributed by atoms with Crippen LogP contribution in [-0.4, -0.2) is 31.9 Å². The van der Waals surface area contributed by atoms with Gasteiger partial charge in [0.1, 0.15) is 6.07 Å². The monoisotopic (exact) mass is 327 g/mol. The number of nitrogens with zero attached hydrogens (tertiary/aromatic N) is 2. The van der Waals surface area contributed by atoms with Crippen molar-refractivity contribution < 1.29 is 8.42 Å². The Morgan fingerprint density at radius 1 is 1.52 bits per heavy atom. The minimum absolute atomic E-state index is 0.111. The van der Waals surface area contributed by atoms with Gasteiger partial charge in [0.15, 0.2) is 0 Å². The lowest BCUT2D eigenvalue weighted by atomic mass is 9.94. The summed E-state index contributed by atoms with van der Waals surface area (Å²) in [7, 11) is -3.63. The molecule has 1 aromatic rings. The van der Waals surface area contributed by atoms with Crippen molar-refractivity contribution in [1.82, 2.24) is 4.31 Å². The van der Waals surface area contributed by atoms with Gasteiger partial charge in [-0.2, -0.15) is 9.57 Å². The summed E-state index contributed by atoms with van der Waals surface area (Å²) < 4.78 is 27.0. The van der Waals surface area contributed by atoms with E-state index in [2.05, 4.69) is 6.92 Å². The minimum Gasteiger partial charge on any atom is -0.329 e. The molecular weight excluding hydrogens is 310 g/mol. The summed E-state index contributed by atoms with van der Waals surface area (Å²) in [6.07, 6.45) is 1.58. The van der Waals surface area contributed by atoms with E-state index in [9.17, 15) is 8.42 Å². The minimum atomic E-state index is -3.63. The highest BCUT2D eigenvalue weighted by Gasteiger charge is 2.35. The summed E-state index contributed by atoms with van der Waals surface area (Å²) >= 11 is 5.94. The van der Waals surface area contributed by atoms with Crippen LogP contribution in [0.4, 0.5) is 0 Å².